The maximum atomic E-state index is 8.31. The van der Waals surface area contributed by atoms with Crippen molar-refractivity contribution in [2.45, 2.75) is 296 Å². The van der Waals surface area contributed by atoms with Crippen LogP contribution in [-0.4, -0.2) is 46.9 Å². The number of nitrogens with zero attached hydrogens (tertiary/aromatic N) is 2. The van der Waals surface area contributed by atoms with Gasteiger partial charge in [0.1, 0.15) is 13.5 Å². The van der Waals surface area contributed by atoms with Crippen LogP contribution in [0.5, 0.6) is 0 Å². The van der Waals surface area contributed by atoms with Gasteiger partial charge in [-0.1, -0.05) is 294 Å². The summed E-state index contributed by atoms with van der Waals surface area (Å²) in [6.45, 7) is 6.83. The Morgan fingerprint density at radius 1 is 0.328 bits per heavy atom. The third kappa shape index (κ3) is 57.7. The molecule has 0 rings (SSSR count). The van der Waals surface area contributed by atoms with Crippen molar-refractivity contribution < 1.29 is 37.6 Å². The Kier molecular flexibility index (Phi) is 60.7. The molecular weight excluding hydrogens is 883 g/mol. The van der Waals surface area contributed by atoms with E-state index in [2.05, 4.69) is 49.0 Å². The van der Waals surface area contributed by atoms with E-state index in [1.807, 2.05) is 6.20 Å². The molecule has 0 heterocycles. The fraction of sp³-hybridized carbons (Fsp3) is 0.926. The molecule has 0 spiro atoms. The predicted octanol–water partition coefficient (Wildman–Crippen LogP) is 19.2. The second-order valence-corrected chi connectivity index (χ2v) is 20.2. The molecule has 0 amide bonds. The van der Waals surface area contributed by atoms with Gasteiger partial charge in [0, 0.05) is 37.9 Å². The molecule has 0 aromatic rings. The average molecular weight is 993 g/mol. The zero-order valence-corrected chi connectivity index (χ0v) is 45.4. The van der Waals surface area contributed by atoms with Gasteiger partial charge < -0.3 is 15.1 Å². The number of rotatable bonds is 60. The fourth-order valence-corrected chi connectivity index (χ4v) is 9.31. The molecule has 0 saturated heterocycles. The minimum Gasteiger partial charge on any atom is -0.376 e. The molecule has 0 aromatic carbocycles. The van der Waals surface area contributed by atoms with E-state index in [1.54, 1.807) is 17.3 Å². The lowest BCUT2D eigenvalue weighted by Gasteiger charge is -2.20. The highest BCUT2D eigenvalue weighted by Gasteiger charge is 2.04. The Bertz CT molecular complexity index is 901. The Hall–Kier alpha value is -0.740. The molecule has 3 N–H and O–H groups in total. The number of hydrogen-bond acceptors (Lipinski definition) is 13. The molecule has 0 radical (unpaired) electrons. The van der Waals surface area contributed by atoms with Crippen LogP contribution in [0.15, 0.2) is 24.8 Å². The molecule has 0 atom stereocenters. The largest absolute Gasteiger partial charge is 0.376 e. The molecule has 0 aromatic heterocycles. The summed E-state index contributed by atoms with van der Waals surface area (Å²) in [5.41, 5.74) is 0. The first kappa shape index (κ1) is 66.3. The van der Waals surface area contributed by atoms with Gasteiger partial charge in [-0.2, -0.15) is 0 Å². The van der Waals surface area contributed by atoms with Crippen molar-refractivity contribution in [3.8, 4) is 0 Å². The van der Waals surface area contributed by atoms with Crippen molar-refractivity contribution in [2.24, 2.45) is 0 Å². The van der Waals surface area contributed by atoms with Crippen LogP contribution in [0.4, 0.5) is 0 Å². The Morgan fingerprint density at radius 2 is 0.552 bits per heavy atom. The van der Waals surface area contributed by atoms with Crippen LogP contribution < -0.4 is 5.32 Å². The lowest BCUT2D eigenvalue weighted by molar-refractivity contribution is -0.434. The van der Waals surface area contributed by atoms with Crippen molar-refractivity contribution in [1.29, 1.82) is 0 Å². The molecule has 13 heteroatoms. The van der Waals surface area contributed by atoms with Crippen molar-refractivity contribution in [3.63, 3.8) is 0 Å². The van der Waals surface area contributed by atoms with E-state index in [1.165, 1.54) is 283 Å². The maximum Gasteiger partial charge on any atom is 0.199 e. The minimum atomic E-state index is 0.0433. The zero-order valence-electron chi connectivity index (χ0n) is 43.8. The van der Waals surface area contributed by atoms with E-state index in [-0.39, 0.29) is 13.5 Å². The molecular formula is C54H109N3O8S2. The quantitative estimate of drug-likeness (QED) is 0.0177. The zero-order chi connectivity index (χ0) is 48.3. The summed E-state index contributed by atoms with van der Waals surface area (Å²) in [6.07, 6.45) is 69.5. The van der Waals surface area contributed by atoms with E-state index in [4.69, 9.17) is 18.9 Å². The van der Waals surface area contributed by atoms with Crippen molar-refractivity contribution >= 4 is 24.6 Å². The maximum absolute atomic E-state index is 8.31. The highest BCUT2D eigenvalue weighted by molar-refractivity contribution is 7.89. The molecule has 67 heavy (non-hydrogen) atoms. The molecule has 0 saturated carbocycles. The van der Waals surface area contributed by atoms with Crippen LogP contribution in [0.3, 0.4) is 0 Å². The summed E-state index contributed by atoms with van der Waals surface area (Å²) in [5.74, 6) is 0. The summed E-state index contributed by atoms with van der Waals surface area (Å²) in [7, 11) is 0. The van der Waals surface area contributed by atoms with Gasteiger partial charge in [0.15, 0.2) is 24.6 Å². The number of nitrogens with one attached hydrogen (secondary N) is 1. The molecule has 11 nitrogen and oxygen atoms in total. The third-order valence-corrected chi connectivity index (χ3v) is 13.6. The standard InChI is InChI=1S/C54H109N3O8S2/c1-3-5-7-9-11-13-15-17-19-21-23-25-27-29-31-33-35-37-39-41-43-45-49-56(51-47-55-48-52-57(53-60-66-64-62-58)54-61-67-65-63-59)50-46-44-42-40-38-36-34-32-30-28-26-24-22-20-18-16-14-12-10-8-6-4-2/h47-48,51-52,55,58-59H,3-46,49-50,53-54H2,1-2H3. The minimum absolute atomic E-state index is 0.0433. The van der Waals surface area contributed by atoms with Crippen LogP contribution in [0.25, 0.3) is 0 Å². The van der Waals surface area contributed by atoms with E-state index in [0.29, 0.717) is 24.6 Å². The van der Waals surface area contributed by atoms with Gasteiger partial charge in [-0.05, 0) is 12.8 Å². The van der Waals surface area contributed by atoms with Gasteiger partial charge in [-0.15, -0.1) is 8.67 Å². The molecule has 0 aliphatic rings. The highest BCUT2D eigenvalue weighted by atomic mass is 32.2. The summed E-state index contributed by atoms with van der Waals surface area (Å²) >= 11 is 0.944. The molecule has 0 bridgehead atoms. The van der Waals surface area contributed by atoms with Crippen molar-refractivity contribution in [1.82, 2.24) is 15.1 Å². The Morgan fingerprint density at radius 3 is 0.791 bits per heavy atom. The van der Waals surface area contributed by atoms with E-state index in [9.17, 15) is 0 Å². The predicted molar refractivity (Wildman–Crippen MR) is 286 cm³/mol. The normalized spacial score (nSPS) is 11.8. The lowest BCUT2D eigenvalue weighted by Crippen LogP contribution is -2.22. The van der Waals surface area contributed by atoms with E-state index < -0.39 is 0 Å². The first-order valence-corrected chi connectivity index (χ1v) is 29.7. The summed E-state index contributed by atoms with van der Waals surface area (Å²) < 4.78 is 18.9. The smallest absolute Gasteiger partial charge is 0.199 e. The molecule has 400 valence electrons. The van der Waals surface area contributed by atoms with Crippen LogP contribution in [0.1, 0.15) is 296 Å². The summed E-state index contributed by atoms with van der Waals surface area (Å²) in [6, 6.07) is 0. The fourth-order valence-electron chi connectivity index (χ4n) is 8.83. The molecule has 0 aliphatic heterocycles. The third-order valence-electron chi connectivity index (χ3n) is 13.0. The topological polar surface area (TPSA) is 114 Å². The highest BCUT2D eigenvalue weighted by Crippen LogP contribution is 2.18. The molecule has 0 unspecified atom stereocenters. The van der Waals surface area contributed by atoms with E-state index >= 15 is 0 Å². The summed E-state index contributed by atoms with van der Waals surface area (Å²) in [5, 5.41) is 26.9. The van der Waals surface area contributed by atoms with E-state index in [0.717, 1.165) is 13.1 Å². The summed E-state index contributed by atoms with van der Waals surface area (Å²) in [4.78, 5) is 4.10. The van der Waals surface area contributed by atoms with Gasteiger partial charge in [0.2, 0.25) is 0 Å². The van der Waals surface area contributed by atoms with Crippen LogP contribution >= 0.6 is 24.6 Å². The van der Waals surface area contributed by atoms with Gasteiger partial charge in [0.05, 0.1) is 0 Å². The van der Waals surface area contributed by atoms with Crippen LogP contribution in [0.2, 0.25) is 0 Å². The van der Waals surface area contributed by atoms with Gasteiger partial charge in [-0.25, -0.2) is 10.5 Å². The lowest BCUT2D eigenvalue weighted by atomic mass is 10.0. The van der Waals surface area contributed by atoms with Gasteiger partial charge in [-0.3, -0.25) is 8.37 Å². The Balaban J connectivity index is 4.24. The van der Waals surface area contributed by atoms with Crippen molar-refractivity contribution in [2.75, 3.05) is 26.6 Å². The monoisotopic (exact) mass is 992 g/mol. The molecule has 0 fully saturated rings. The first-order chi connectivity index (χ1) is 33.3. The van der Waals surface area contributed by atoms with Crippen LogP contribution in [0, 0.1) is 0 Å². The average Bonchev–Trinajstić information content (AvgIpc) is 3.34. The first-order valence-electron chi connectivity index (χ1n) is 28.4. The van der Waals surface area contributed by atoms with Crippen LogP contribution in [-0.2, 0) is 27.1 Å². The molecule has 0 aliphatic carbocycles. The second-order valence-electron chi connectivity index (χ2n) is 19.2. The Labute approximate surface area is 423 Å². The second kappa shape index (κ2) is 61.4. The number of unbranched alkanes of at least 4 members (excludes halogenated alkanes) is 42. The van der Waals surface area contributed by atoms with Gasteiger partial charge in [0.25, 0.3) is 0 Å². The number of hydrogen-bond donors (Lipinski definition) is 3. The van der Waals surface area contributed by atoms with Gasteiger partial charge >= 0.3 is 0 Å². The van der Waals surface area contributed by atoms with Crippen molar-refractivity contribution in [3.05, 3.63) is 24.8 Å². The SMILES string of the molecule is CCCCCCCCCCCCCCCCCCCCCCCCN(C=CNC=CN(COSOOO)COSOOO)CCCCCCCCCCCCCCCCCCCCCCCC.